The second-order valence-electron chi connectivity index (χ2n) is 10.7. The SMILES string of the molecule is COc1ncccc1CN1CCC2(CC1)Oc1ccccc1-c1ncn(CC3CC3)c12.O=C(O)C(F)(F)F.O=C(O)C(F)(F)F. The van der Waals surface area contributed by atoms with Gasteiger partial charge in [0.05, 0.1) is 24.8 Å². The molecule has 4 heterocycles. The summed E-state index contributed by atoms with van der Waals surface area (Å²) in [6.45, 7) is 3.84. The van der Waals surface area contributed by atoms with Gasteiger partial charge in [-0.2, -0.15) is 26.3 Å². The largest absolute Gasteiger partial charge is 0.490 e. The summed E-state index contributed by atoms with van der Waals surface area (Å²) >= 11 is 0. The van der Waals surface area contributed by atoms with Gasteiger partial charge >= 0.3 is 24.3 Å². The van der Waals surface area contributed by atoms with Crippen molar-refractivity contribution in [1.29, 1.82) is 0 Å². The quantitative estimate of drug-likeness (QED) is 0.346. The number of carboxylic acids is 2. The zero-order chi connectivity index (χ0) is 33.0. The van der Waals surface area contributed by atoms with E-state index in [-0.39, 0.29) is 5.60 Å². The average molecular weight is 645 g/mol. The van der Waals surface area contributed by atoms with Gasteiger partial charge in [-0.3, -0.25) is 4.90 Å². The Bertz CT molecular complexity index is 1470. The Morgan fingerprint density at radius 3 is 2.13 bits per heavy atom. The van der Waals surface area contributed by atoms with Gasteiger partial charge in [0.2, 0.25) is 5.88 Å². The van der Waals surface area contributed by atoms with Crippen LogP contribution in [-0.4, -0.2) is 74.1 Å². The number of likely N-dealkylation sites (tertiary alicyclic amines) is 1. The summed E-state index contributed by atoms with van der Waals surface area (Å²) < 4.78 is 78.1. The van der Waals surface area contributed by atoms with Gasteiger partial charge in [-0.05, 0) is 37.0 Å². The van der Waals surface area contributed by atoms with Crippen LogP contribution in [0.5, 0.6) is 11.6 Å². The second-order valence-corrected chi connectivity index (χ2v) is 10.7. The highest BCUT2D eigenvalue weighted by atomic mass is 19.4. The van der Waals surface area contributed by atoms with E-state index in [9.17, 15) is 26.3 Å². The summed E-state index contributed by atoms with van der Waals surface area (Å²) in [4.78, 5) is 29.5. The molecule has 244 valence electrons. The lowest BCUT2D eigenvalue weighted by atomic mass is 9.83. The van der Waals surface area contributed by atoms with Gasteiger partial charge in [0.15, 0.2) is 5.60 Å². The van der Waals surface area contributed by atoms with Gasteiger partial charge < -0.3 is 24.3 Å². The predicted octanol–water partition coefficient (Wildman–Crippen LogP) is 5.51. The van der Waals surface area contributed by atoms with E-state index < -0.39 is 24.3 Å². The molecule has 45 heavy (non-hydrogen) atoms. The molecule has 2 N–H and O–H groups in total. The molecule has 0 bridgehead atoms. The van der Waals surface area contributed by atoms with Crippen LogP contribution in [0.2, 0.25) is 0 Å². The number of hydrogen-bond acceptors (Lipinski definition) is 7. The number of fused-ring (bicyclic) bond motifs is 4. The lowest BCUT2D eigenvalue weighted by Gasteiger charge is -2.44. The molecule has 0 atom stereocenters. The number of aliphatic carboxylic acids is 2. The number of pyridine rings is 1. The maximum Gasteiger partial charge on any atom is 0.490 e. The van der Waals surface area contributed by atoms with E-state index >= 15 is 0 Å². The van der Waals surface area contributed by atoms with E-state index in [0.717, 1.165) is 73.4 Å². The minimum Gasteiger partial charge on any atom is -0.481 e. The fourth-order valence-electron chi connectivity index (χ4n) is 5.16. The zero-order valence-corrected chi connectivity index (χ0v) is 23.9. The Hall–Kier alpha value is -4.34. The van der Waals surface area contributed by atoms with Crippen molar-refractivity contribution >= 4 is 11.9 Å². The van der Waals surface area contributed by atoms with Crippen LogP contribution >= 0.6 is 0 Å². The molecule has 2 aromatic heterocycles. The van der Waals surface area contributed by atoms with Crippen LogP contribution in [0.15, 0.2) is 48.9 Å². The van der Waals surface area contributed by atoms with E-state index in [4.69, 9.17) is 34.3 Å². The summed E-state index contributed by atoms with van der Waals surface area (Å²) in [7, 11) is 1.69. The van der Waals surface area contributed by atoms with Crippen LogP contribution < -0.4 is 9.47 Å². The fourth-order valence-corrected chi connectivity index (χ4v) is 5.16. The Balaban J connectivity index is 0.000000277. The van der Waals surface area contributed by atoms with E-state index in [2.05, 4.69) is 44.8 Å². The predicted molar refractivity (Wildman–Crippen MR) is 145 cm³/mol. The summed E-state index contributed by atoms with van der Waals surface area (Å²) in [5.41, 5.74) is 4.36. The molecule has 0 radical (unpaired) electrons. The van der Waals surface area contributed by atoms with Crippen LogP contribution in [0.3, 0.4) is 0 Å². The first-order valence-corrected chi connectivity index (χ1v) is 13.8. The summed E-state index contributed by atoms with van der Waals surface area (Å²) in [6, 6.07) is 12.4. The first kappa shape index (κ1) is 33.6. The monoisotopic (exact) mass is 644 g/mol. The van der Waals surface area contributed by atoms with Crippen LogP contribution in [0, 0.1) is 5.92 Å². The van der Waals surface area contributed by atoms with Gasteiger partial charge in [0, 0.05) is 56.3 Å². The minimum atomic E-state index is -5.08. The van der Waals surface area contributed by atoms with Crippen LogP contribution in [-0.2, 0) is 28.3 Å². The number of nitrogens with zero attached hydrogens (tertiary/aromatic N) is 4. The third kappa shape index (κ3) is 8.23. The Labute approximate surface area is 253 Å². The van der Waals surface area contributed by atoms with Crippen molar-refractivity contribution in [3.63, 3.8) is 0 Å². The van der Waals surface area contributed by atoms with Crippen LogP contribution in [0.1, 0.15) is 36.9 Å². The molecule has 3 aliphatic rings. The molecule has 0 amide bonds. The molecule has 1 saturated carbocycles. The number of rotatable bonds is 5. The van der Waals surface area contributed by atoms with Crippen molar-refractivity contribution in [2.45, 2.75) is 56.7 Å². The molecule has 10 nitrogen and oxygen atoms in total. The van der Waals surface area contributed by atoms with Gasteiger partial charge in [-0.1, -0.05) is 18.2 Å². The Morgan fingerprint density at radius 1 is 0.978 bits per heavy atom. The topological polar surface area (TPSA) is 127 Å². The lowest BCUT2D eigenvalue weighted by molar-refractivity contribution is -0.193. The second kappa shape index (κ2) is 13.3. The van der Waals surface area contributed by atoms with Gasteiger partial charge in [-0.15, -0.1) is 0 Å². The Kier molecular flexibility index (Phi) is 9.95. The Morgan fingerprint density at radius 2 is 1.58 bits per heavy atom. The summed E-state index contributed by atoms with van der Waals surface area (Å²) in [6.07, 6.45) is -1.77. The van der Waals surface area contributed by atoms with E-state index in [0.29, 0.717) is 0 Å². The highest BCUT2D eigenvalue weighted by Gasteiger charge is 2.47. The first-order valence-electron chi connectivity index (χ1n) is 13.8. The molecule has 2 aliphatic heterocycles. The number of aromatic nitrogens is 3. The van der Waals surface area contributed by atoms with E-state index in [1.165, 1.54) is 18.5 Å². The van der Waals surface area contributed by atoms with E-state index in [1.807, 2.05) is 12.4 Å². The molecular weight excluding hydrogens is 614 g/mol. The van der Waals surface area contributed by atoms with Crippen molar-refractivity contribution in [2.24, 2.45) is 5.92 Å². The number of para-hydroxylation sites is 1. The van der Waals surface area contributed by atoms with Crippen molar-refractivity contribution in [3.05, 3.63) is 60.2 Å². The van der Waals surface area contributed by atoms with Crippen molar-refractivity contribution in [1.82, 2.24) is 19.4 Å². The van der Waals surface area contributed by atoms with Gasteiger partial charge in [0.25, 0.3) is 0 Å². The number of benzene rings is 1. The minimum absolute atomic E-state index is 0.301. The van der Waals surface area contributed by atoms with Crippen LogP contribution in [0.25, 0.3) is 11.3 Å². The standard InChI is InChI=1S/C25H28N4O2.2C2HF3O2/c1-30-24-19(5-4-12-26-24)16-28-13-10-25(11-14-28)23-22(20-6-2-3-7-21(20)31-25)27-17-29(23)15-18-8-9-18;2*3-2(4,5)1(6)7/h2-7,12,17-18H,8-11,13-16H2,1H3;2*(H,6,7). The number of carbonyl (C=O) groups is 2. The number of alkyl halides is 6. The first-order chi connectivity index (χ1) is 21.1. The maximum absolute atomic E-state index is 10.6. The number of ether oxygens (including phenoxy) is 2. The number of methoxy groups -OCH3 is 1. The van der Waals surface area contributed by atoms with Crippen molar-refractivity contribution in [2.75, 3.05) is 20.2 Å². The third-order valence-corrected chi connectivity index (χ3v) is 7.45. The van der Waals surface area contributed by atoms with Gasteiger partial charge in [0.1, 0.15) is 5.75 Å². The molecule has 1 saturated heterocycles. The van der Waals surface area contributed by atoms with Crippen molar-refractivity contribution in [3.8, 4) is 22.9 Å². The highest BCUT2D eigenvalue weighted by Crippen LogP contribution is 2.49. The molecule has 3 aromatic rings. The number of hydrogen-bond donors (Lipinski definition) is 2. The van der Waals surface area contributed by atoms with Crippen molar-refractivity contribution < 1.29 is 55.6 Å². The van der Waals surface area contributed by atoms with Crippen LogP contribution in [0.4, 0.5) is 26.3 Å². The summed E-state index contributed by atoms with van der Waals surface area (Å²) in [5.74, 6) is -3.03. The lowest BCUT2D eigenvalue weighted by Crippen LogP contribution is -2.48. The normalized spacial score (nSPS) is 17.0. The zero-order valence-electron chi connectivity index (χ0n) is 23.9. The number of piperidine rings is 1. The number of imidazole rings is 1. The fraction of sp³-hybridized carbons (Fsp3) is 0.448. The third-order valence-electron chi connectivity index (χ3n) is 7.45. The number of halogens is 6. The number of carboxylic acid groups (broad SMARTS) is 2. The molecule has 1 aliphatic carbocycles. The molecule has 1 aromatic carbocycles. The molecule has 16 heteroatoms. The molecule has 2 fully saturated rings. The smallest absolute Gasteiger partial charge is 0.481 e. The molecule has 6 rings (SSSR count). The maximum atomic E-state index is 10.6. The molecule has 1 spiro atoms. The van der Waals surface area contributed by atoms with E-state index in [1.54, 1.807) is 13.3 Å². The average Bonchev–Trinajstić information content (AvgIpc) is 3.70. The molecule has 0 unspecified atom stereocenters. The van der Waals surface area contributed by atoms with Gasteiger partial charge in [-0.25, -0.2) is 19.6 Å². The highest BCUT2D eigenvalue weighted by molar-refractivity contribution is 5.73. The molecular formula is C29H30F6N4O6. The summed E-state index contributed by atoms with van der Waals surface area (Å²) in [5, 5.41) is 14.2.